The monoisotopic (exact) mass is 220 g/mol. The highest BCUT2D eigenvalue weighted by Gasteiger charge is 2.39. The number of fused-ring (bicyclic) bond motifs is 1. The summed E-state index contributed by atoms with van der Waals surface area (Å²) in [6, 6.07) is 5.74. The van der Waals surface area contributed by atoms with Gasteiger partial charge in [-0.15, -0.1) is 0 Å². The van der Waals surface area contributed by atoms with E-state index in [-0.39, 0.29) is 0 Å². The van der Waals surface area contributed by atoms with Crippen LogP contribution in [0.3, 0.4) is 0 Å². The third kappa shape index (κ3) is 1.56. The molecule has 1 aliphatic rings. The number of hydrogen-bond acceptors (Lipinski definition) is 2. The molecule has 3 nitrogen and oxygen atoms in total. The van der Waals surface area contributed by atoms with Crippen molar-refractivity contribution in [1.82, 2.24) is 0 Å². The smallest absolute Gasteiger partial charge is 0.313 e. The second-order valence-electron chi connectivity index (χ2n) is 4.51. The number of carboxylic acid groups (broad SMARTS) is 1. The summed E-state index contributed by atoms with van der Waals surface area (Å²) in [7, 11) is 1.60. The molecule has 3 heteroatoms. The fourth-order valence-corrected chi connectivity index (χ4v) is 2.40. The van der Waals surface area contributed by atoms with E-state index in [1.807, 2.05) is 18.2 Å². The molecule has 0 aliphatic heterocycles. The number of hydrogen-bond donors (Lipinski definition) is 1. The van der Waals surface area contributed by atoms with Gasteiger partial charge in [0.1, 0.15) is 5.75 Å². The lowest BCUT2D eigenvalue weighted by molar-refractivity contribution is -0.143. The molecule has 1 aromatic carbocycles. The Kier molecular flexibility index (Phi) is 2.62. The van der Waals surface area contributed by atoms with E-state index in [0.29, 0.717) is 6.42 Å². The van der Waals surface area contributed by atoms with Crippen LogP contribution in [0.1, 0.15) is 30.9 Å². The van der Waals surface area contributed by atoms with Crippen molar-refractivity contribution in [3.8, 4) is 5.75 Å². The van der Waals surface area contributed by atoms with Crippen molar-refractivity contribution in [3.05, 3.63) is 29.3 Å². The highest BCUT2D eigenvalue weighted by molar-refractivity contribution is 5.82. The molecule has 1 unspecified atom stereocenters. The van der Waals surface area contributed by atoms with Crippen LogP contribution in [0.5, 0.6) is 5.75 Å². The van der Waals surface area contributed by atoms with Gasteiger partial charge in [0.05, 0.1) is 12.5 Å². The van der Waals surface area contributed by atoms with Crippen LogP contribution in [0.15, 0.2) is 18.2 Å². The van der Waals surface area contributed by atoms with Crippen molar-refractivity contribution in [1.29, 1.82) is 0 Å². The Labute approximate surface area is 95.0 Å². The molecule has 1 atom stereocenters. The second-order valence-corrected chi connectivity index (χ2v) is 4.51. The van der Waals surface area contributed by atoms with Crippen molar-refractivity contribution in [2.24, 2.45) is 0 Å². The molecule has 0 spiro atoms. The SMILES string of the molecule is COc1ccc2c(c1)C(C)(C(=O)O)CCC2. The lowest BCUT2D eigenvalue weighted by Gasteiger charge is -2.32. The van der Waals surface area contributed by atoms with Crippen molar-refractivity contribution < 1.29 is 14.6 Å². The summed E-state index contributed by atoms with van der Waals surface area (Å²) in [6.45, 7) is 1.80. The molecule has 0 saturated carbocycles. The number of ether oxygens (including phenoxy) is 1. The Balaban J connectivity index is 2.55. The summed E-state index contributed by atoms with van der Waals surface area (Å²) < 4.78 is 5.16. The maximum absolute atomic E-state index is 11.4. The van der Waals surface area contributed by atoms with Gasteiger partial charge in [0.15, 0.2) is 0 Å². The molecular formula is C13H16O3. The first kappa shape index (κ1) is 11.0. The van der Waals surface area contributed by atoms with Crippen LogP contribution in [-0.4, -0.2) is 18.2 Å². The summed E-state index contributed by atoms with van der Waals surface area (Å²) >= 11 is 0. The summed E-state index contributed by atoms with van der Waals surface area (Å²) in [5.74, 6) is -0.0187. The molecule has 0 radical (unpaired) electrons. The third-order valence-electron chi connectivity index (χ3n) is 3.51. The van der Waals surface area contributed by atoms with E-state index < -0.39 is 11.4 Å². The number of aliphatic carboxylic acids is 1. The van der Waals surface area contributed by atoms with E-state index in [1.165, 1.54) is 0 Å². The minimum Gasteiger partial charge on any atom is -0.497 e. The fraction of sp³-hybridized carbons (Fsp3) is 0.462. The van der Waals surface area contributed by atoms with Crippen LogP contribution in [0, 0.1) is 0 Å². The normalized spacial score (nSPS) is 23.6. The number of carbonyl (C=O) groups is 1. The Morgan fingerprint density at radius 1 is 1.50 bits per heavy atom. The number of rotatable bonds is 2. The highest BCUT2D eigenvalue weighted by Crippen LogP contribution is 2.39. The molecule has 1 N–H and O–H groups in total. The molecule has 2 rings (SSSR count). The van der Waals surface area contributed by atoms with Crippen LogP contribution < -0.4 is 4.74 Å². The first-order valence-corrected chi connectivity index (χ1v) is 5.49. The molecule has 1 aromatic rings. The molecule has 0 amide bonds. The van der Waals surface area contributed by atoms with Crippen LogP contribution in [0.25, 0.3) is 0 Å². The average Bonchev–Trinajstić information content (AvgIpc) is 2.29. The summed E-state index contributed by atoms with van der Waals surface area (Å²) in [5.41, 5.74) is 1.28. The average molecular weight is 220 g/mol. The highest BCUT2D eigenvalue weighted by atomic mass is 16.5. The largest absolute Gasteiger partial charge is 0.497 e. The lowest BCUT2D eigenvalue weighted by atomic mass is 9.71. The standard InChI is InChI=1S/C13H16O3/c1-13(12(14)15)7-3-4-9-5-6-10(16-2)8-11(9)13/h5-6,8H,3-4,7H2,1-2H3,(H,14,15). The van der Waals surface area contributed by atoms with Crippen LogP contribution in [0.2, 0.25) is 0 Å². The van der Waals surface area contributed by atoms with Crippen LogP contribution in [-0.2, 0) is 16.6 Å². The van der Waals surface area contributed by atoms with Crippen molar-refractivity contribution in [2.45, 2.75) is 31.6 Å². The van der Waals surface area contributed by atoms with Gasteiger partial charge in [0, 0.05) is 0 Å². The molecule has 16 heavy (non-hydrogen) atoms. The second kappa shape index (κ2) is 3.81. The fourth-order valence-electron chi connectivity index (χ4n) is 2.40. The van der Waals surface area contributed by atoms with Gasteiger partial charge >= 0.3 is 5.97 Å². The van der Waals surface area contributed by atoms with Gasteiger partial charge in [-0.2, -0.15) is 0 Å². The molecule has 0 aromatic heterocycles. The van der Waals surface area contributed by atoms with E-state index in [4.69, 9.17) is 4.74 Å². The van der Waals surface area contributed by atoms with Crippen molar-refractivity contribution >= 4 is 5.97 Å². The van der Waals surface area contributed by atoms with Gasteiger partial charge in [-0.1, -0.05) is 6.07 Å². The van der Waals surface area contributed by atoms with E-state index >= 15 is 0 Å². The topological polar surface area (TPSA) is 46.5 Å². The molecule has 0 fully saturated rings. The number of benzene rings is 1. The third-order valence-corrected chi connectivity index (χ3v) is 3.51. The summed E-state index contributed by atoms with van der Waals surface area (Å²) in [5, 5.41) is 9.37. The van der Waals surface area contributed by atoms with Gasteiger partial charge in [0.25, 0.3) is 0 Å². The molecular weight excluding hydrogens is 204 g/mol. The van der Waals surface area contributed by atoms with Gasteiger partial charge in [-0.05, 0) is 49.4 Å². The predicted molar refractivity (Wildman–Crippen MR) is 60.9 cm³/mol. The van der Waals surface area contributed by atoms with Gasteiger partial charge < -0.3 is 9.84 Å². The van der Waals surface area contributed by atoms with E-state index in [9.17, 15) is 9.90 Å². The summed E-state index contributed by atoms with van der Waals surface area (Å²) in [4.78, 5) is 11.4. The molecule has 1 aliphatic carbocycles. The Morgan fingerprint density at radius 3 is 2.88 bits per heavy atom. The zero-order chi connectivity index (χ0) is 11.8. The van der Waals surface area contributed by atoms with Gasteiger partial charge in [-0.3, -0.25) is 4.79 Å². The lowest BCUT2D eigenvalue weighted by Crippen LogP contribution is -2.36. The van der Waals surface area contributed by atoms with Crippen molar-refractivity contribution in [3.63, 3.8) is 0 Å². The van der Waals surface area contributed by atoms with Gasteiger partial charge in [-0.25, -0.2) is 0 Å². The number of aryl methyl sites for hydroxylation is 1. The maximum Gasteiger partial charge on any atom is 0.313 e. The zero-order valence-electron chi connectivity index (χ0n) is 9.62. The maximum atomic E-state index is 11.4. The Bertz CT molecular complexity index is 425. The van der Waals surface area contributed by atoms with Gasteiger partial charge in [0.2, 0.25) is 0 Å². The van der Waals surface area contributed by atoms with Crippen LogP contribution >= 0.6 is 0 Å². The Morgan fingerprint density at radius 2 is 2.25 bits per heavy atom. The summed E-state index contributed by atoms with van der Waals surface area (Å²) in [6.07, 6.45) is 2.59. The first-order valence-electron chi connectivity index (χ1n) is 5.49. The molecule has 86 valence electrons. The molecule has 0 heterocycles. The Hall–Kier alpha value is -1.51. The molecule has 0 saturated heterocycles. The minimum atomic E-state index is -0.762. The van der Waals surface area contributed by atoms with Crippen molar-refractivity contribution in [2.75, 3.05) is 7.11 Å². The quantitative estimate of drug-likeness (QED) is 0.832. The predicted octanol–water partition coefficient (Wildman–Crippen LogP) is 2.37. The number of carboxylic acids is 1. The van der Waals surface area contributed by atoms with Crippen LogP contribution in [0.4, 0.5) is 0 Å². The molecule has 0 bridgehead atoms. The van der Waals surface area contributed by atoms with E-state index in [0.717, 1.165) is 29.7 Å². The van der Waals surface area contributed by atoms with E-state index in [1.54, 1.807) is 14.0 Å². The zero-order valence-corrected chi connectivity index (χ0v) is 9.62. The first-order chi connectivity index (χ1) is 7.58. The minimum absolute atomic E-state index is 0.697. The van der Waals surface area contributed by atoms with E-state index in [2.05, 4.69) is 0 Å². The number of methoxy groups -OCH3 is 1.